The van der Waals surface area contributed by atoms with Crippen LogP contribution in [0.3, 0.4) is 0 Å². The third kappa shape index (κ3) is 3.51. The van der Waals surface area contributed by atoms with Gasteiger partial charge in [-0.2, -0.15) is 0 Å². The molecule has 5 nitrogen and oxygen atoms in total. The number of aromatic hydroxyl groups is 1. The van der Waals surface area contributed by atoms with Crippen LogP contribution < -0.4 is 4.74 Å². The summed E-state index contributed by atoms with van der Waals surface area (Å²) in [5.41, 5.74) is 0.822. The molecule has 1 aliphatic heterocycles. The van der Waals surface area contributed by atoms with Crippen LogP contribution in [0.25, 0.3) is 6.08 Å². The predicted octanol–water partition coefficient (Wildman–Crippen LogP) is 3.78. The SMILES string of the molecule is COc1ccc(/C=C2\SC(=O)N(Cc3ccccc3F)C2=O)cc1O. The summed E-state index contributed by atoms with van der Waals surface area (Å²) in [6.07, 6.45) is 1.51. The monoisotopic (exact) mass is 359 g/mol. The Morgan fingerprint density at radius 3 is 2.68 bits per heavy atom. The van der Waals surface area contributed by atoms with Gasteiger partial charge < -0.3 is 9.84 Å². The van der Waals surface area contributed by atoms with Gasteiger partial charge in [-0.25, -0.2) is 4.39 Å². The number of ether oxygens (including phenoxy) is 1. The number of methoxy groups -OCH3 is 1. The molecule has 0 unspecified atom stereocenters. The zero-order valence-electron chi connectivity index (χ0n) is 13.2. The van der Waals surface area contributed by atoms with Crippen molar-refractivity contribution in [3.63, 3.8) is 0 Å². The van der Waals surface area contributed by atoms with Crippen molar-refractivity contribution < 1.29 is 23.8 Å². The molecule has 1 heterocycles. The molecule has 25 heavy (non-hydrogen) atoms. The van der Waals surface area contributed by atoms with E-state index in [1.807, 2.05) is 0 Å². The lowest BCUT2D eigenvalue weighted by atomic mass is 10.1. The normalized spacial score (nSPS) is 15.9. The Hall–Kier alpha value is -2.80. The first-order chi connectivity index (χ1) is 12.0. The third-order valence-corrected chi connectivity index (χ3v) is 4.57. The van der Waals surface area contributed by atoms with E-state index < -0.39 is 17.0 Å². The number of phenols is 1. The van der Waals surface area contributed by atoms with E-state index in [1.54, 1.807) is 24.3 Å². The third-order valence-electron chi connectivity index (χ3n) is 3.66. The van der Waals surface area contributed by atoms with Crippen molar-refractivity contribution in [1.29, 1.82) is 0 Å². The summed E-state index contributed by atoms with van der Waals surface area (Å²) < 4.78 is 18.7. The first-order valence-corrected chi connectivity index (χ1v) is 8.17. The molecule has 128 valence electrons. The molecular weight excluding hydrogens is 345 g/mol. The highest BCUT2D eigenvalue weighted by Crippen LogP contribution is 2.35. The number of carbonyl (C=O) groups is 2. The molecule has 2 aromatic rings. The van der Waals surface area contributed by atoms with Crippen molar-refractivity contribution in [1.82, 2.24) is 4.90 Å². The number of amides is 2. The molecule has 0 bridgehead atoms. The maximum absolute atomic E-state index is 13.7. The highest BCUT2D eigenvalue weighted by molar-refractivity contribution is 8.18. The summed E-state index contributed by atoms with van der Waals surface area (Å²) >= 11 is 0.781. The van der Waals surface area contributed by atoms with Gasteiger partial charge in [-0.15, -0.1) is 0 Å². The Morgan fingerprint density at radius 1 is 1.24 bits per heavy atom. The van der Waals surface area contributed by atoms with Gasteiger partial charge in [0.15, 0.2) is 11.5 Å². The number of rotatable bonds is 4. The summed E-state index contributed by atoms with van der Waals surface area (Å²) in [5, 5.41) is 9.33. The molecule has 3 rings (SSSR count). The van der Waals surface area contributed by atoms with Crippen LogP contribution in [-0.4, -0.2) is 28.3 Å². The molecule has 1 aliphatic rings. The molecule has 7 heteroatoms. The number of hydrogen-bond donors (Lipinski definition) is 1. The molecule has 0 spiro atoms. The fraction of sp³-hybridized carbons (Fsp3) is 0.111. The van der Waals surface area contributed by atoms with E-state index in [-0.39, 0.29) is 22.8 Å². The average molecular weight is 359 g/mol. The Bertz CT molecular complexity index is 881. The summed E-state index contributed by atoms with van der Waals surface area (Å²) in [7, 11) is 1.43. The fourth-order valence-electron chi connectivity index (χ4n) is 2.38. The lowest BCUT2D eigenvalue weighted by Gasteiger charge is -2.12. The second-order valence-corrected chi connectivity index (χ2v) is 6.28. The summed E-state index contributed by atoms with van der Waals surface area (Å²) in [6.45, 7) is -0.122. The van der Waals surface area contributed by atoms with E-state index in [0.717, 1.165) is 16.7 Å². The van der Waals surface area contributed by atoms with Crippen LogP contribution in [0.2, 0.25) is 0 Å². The van der Waals surface area contributed by atoms with Crippen LogP contribution in [0.4, 0.5) is 9.18 Å². The van der Waals surface area contributed by atoms with Gasteiger partial charge in [-0.05, 0) is 41.6 Å². The van der Waals surface area contributed by atoms with Gasteiger partial charge in [-0.3, -0.25) is 14.5 Å². The number of imide groups is 1. The van der Waals surface area contributed by atoms with Gasteiger partial charge in [0.05, 0.1) is 18.6 Å². The van der Waals surface area contributed by atoms with Gasteiger partial charge in [-0.1, -0.05) is 24.3 Å². The predicted molar refractivity (Wildman–Crippen MR) is 92.6 cm³/mol. The molecule has 0 saturated carbocycles. The van der Waals surface area contributed by atoms with Crippen molar-refractivity contribution in [2.75, 3.05) is 7.11 Å². The number of phenolic OH excluding ortho intramolecular Hbond substituents is 1. The lowest BCUT2D eigenvalue weighted by Crippen LogP contribution is -2.27. The molecule has 1 fully saturated rings. The van der Waals surface area contributed by atoms with Gasteiger partial charge in [0.2, 0.25) is 0 Å². The minimum atomic E-state index is -0.492. The number of hydrogen-bond acceptors (Lipinski definition) is 5. The largest absolute Gasteiger partial charge is 0.504 e. The van der Waals surface area contributed by atoms with E-state index >= 15 is 0 Å². The molecule has 0 atom stereocenters. The molecule has 0 radical (unpaired) electrons. The van der Waals surface area contributed by atoms with Gasteiger partial charge in [0.25, 0.3) is 11.1 Å². The minimum absolute atomic E-state index is 0.0677. The van der Waals surface area contributed by atoms with Crippen LogP contribution in [-0.2, 0) is 11.3 Å². The zero-order valence-corrected chi connectivity index (χ0v) is 14.0. The van der Waals surface area contributed by atoms with Crippen LogP contribution in [0.1, 0.15) is 11.1 Å². The highest BCUT2D eigenvalue weighted by Gasteiger charge is 2.35. The molecule has 1 N–H and O–H groups in total. The molecule has 2 aromatic carbocycles. The smallest absolute Gasteiger partial charge is 0.293 e. The van der Waals surface area contributed by atoms with Gasteiger partial charge in [0.1, 0.15) is 5.82 Å². The first kappa shape index (κ1) is 17.0. The fourth-order valence-corrected chi connectivity index (χ4v) is 3.22. The molecule has 0 aliphatic carbocycles. The van der Waals surface area contributed by atoms with Crippen LogP contribution in [0.5, 0.6) is 11.5 Å². The minimum Gasteiger partial charge on any atom is -0.504 e. The Morgan fingerprint density at radius 2 is 2.00 bits per heavy atom. The van der Waals surface area contributed by atoms with E-state index in [0.29, 0.717) is 11.3 Å². The topological polar surface area (TPSA) is 66.8 Å². The van der Waals surface area contributed by atoms with E-state index in [2.05, 4.69) is 0 Å². The maximum atomic E-state index is 13.7. The zero-order chi connectivity index (χ0) is 18.0. The summed E-state index contributed by atoms with van der Waals surface area (Å²) in [6, 6.07) is 10.7. The second-order valence-electron chi connectivity index (χ2n) is 5.29. The second kappa shape index (κ2) is 6.98. The molecular formula is C18H14FNO4S. The number of carbonyl (C=O) groups excluding carboxylic acids is 2. The van der Waals surface area contributed by atoms with Crippen LogP contribution in [0, 0.1) is 5.82 Å². The molecule has 1 saturated heterocycles. The Kier molecular flexibility index (Phi) is 4.76. The first-order valence-electron chi connectivity index (χ1n) is 7.35. The lowest BCUT2D eigenvalue weighted by molar-refractivity contribution is -0.123. The van der Waals surface area contributed by atoms with Gasteiger partial charge >= 0.3 is 0 Å². The number of nitrogens with zero attached hydrogens (tertiary/aromatic N) is 1. The van der Waals surface area contributed by atoms with Crippen molar-refractivity contribution in [2.24, 2.45) is 0 Å². The summed E-state index contributed by atoms with van der Waals surface area (Å²) in [4.78, 5) is 25.8. The Labute approximate surface area is 147 Å². The number of halogens is 1. The van der Waals surface area contributed by atoms with Crippen molar-refractivity contribution in [3.05, 3.63) is 64.3 Å². The van der Waals surface area contributed by atoms with E-state index in [9.17, 15) is 19.1 Å². The quantitative estimate of drug-likeness (QED) is 0.842. The molecule has 2 amide bonds. The molecule has 0 aromatic heterocycles. The van der Waals surface area contributed by atoms with E-state index in [1.165, 1.54) is 31.4 Å². The maximum Gasteiger partial charge on any atom is 0.293 e. The Balaban J connectivity index is 1.83. The van der Waals surface area contributed by atoms with E-state index in [4.69, 9.17) is 4.74 Å². The average Bonchev–Trinajstić information content (AvgIpc) is 2.84. The van der Waals surface area contributed by atoms with Crippen molar-refractivity contribution in [2.45, 2.75) is 6.54 Å². The van der Waals surface area contributed by atoms with Crippen LogP contribution in [0.15, 0.2) is 47.4 Å². The highest BCUT2D eigenvalue weighted by atomic mass is 32.2. The number of benzene rings is 2. The standard InChI is InChI=1S/C18H14FNO4S/c1-24-15-7-6-11(8-14(15)21)9-16-17(22)20(18(23)25-16)10-12-4-2-3-5-13(12)19/h2-9,21H,10H2,1H3/b16-9-. The summed E-state index contributed by atoms with van der Waals surface area (Å²) in [5.74, 6) is -0.717. The van der Waals surface area contributed by atoms with Crippen molar-refractivity contribution in [3.8, 4) is 11.5 Å². The van der Waals surface area contributed by atoms with Crippen LogP contribution >= 0.6 is 11.8 Å². The number of thioether (sulfide) groups is 1. The van der Waals surface area contributed by atoms with Gasteiger partial charge in [0, 0.05) is 5.56 Å². The van der Waals surface area contributed by atoms with Crippen molar-refractivity contribution >= 4 is 29.0 Å².